The molecule has 0 radical (unpaired) electrons. The summed E-state index contributed by atoms with van der Waals surface area (Å²) in [5.74, 6) is -1.57. The Morgan fingerprint density at radius 2 is 1.68 bits per heavy atom. The summed E-state index contributed by atoms with van der Waals surface area (Å²) in [5.41, 5.74) is 4.57. The van der Waals surface area contributed by atoms with Crippen molar-refractivity contribution in [1.82, 2.24) is 10.6 Å². The molecule has 3 N–H and O–H groups in total. The maximum absolute atomic E-state index is 12.9. The maximum atomic E-state index is 12.9. The van der Waals surface area contributed by atoms with Gasteiger partial charge in [0.2, 0.25) is 5.91 Å². The van der Waals surface area contributed by atoms with Gasteiger partial charge in [-0.1, -0.05) is 68.3 Å². The summed E-state index contributed by atoms with van der Waals surface area (Å²) < 4.78 is 5.61. The molecule has 7 heteroatoms. The number of carboxylic acids is 1. The summed E-state index contributed by atoms with van der Waals surface area (Å²) in [7, 11) is 0. The predicted molar refractivity (Wildman–Crippen MR) is 128 cm³/mol. The van der Waals surface area contributed by atoms with E-state index in [1.54, 1.807) is 0 Å². The Kier molecular flexibility index (Phi) is 7.50. The lowest BCUT2D eigenvalue weighted by Crippen LogP contribution is -2.49. The number of carbonyl (C=O) groups excluding carboxylic acids is 2. The van der Waals surface area contributed by atoms with Crippen molar-refractivity contribution in [2.24, 2.45) is 5.92 Å². The second kappa shape index (κ2) is 10.7. The van der Waals surface area contributed by atoms with Gasteiger partial charge in [-0.25, -0.2) is 4.79 Å². The molecule has 0 bridgehead atoms. The van der Waals surface area contributed by atoms with E-state index >= 15 is 0 Å². The number of hydrogen-bond acceptors (Lipinski definition) is 4. The minimum atomic E-state index is -0.823. The molecule has 0 aliphatic heterocycles. The third-order valence-electron chi connectivity index (χ3n) is 6.93. The zero-order valence-electron chi connectivity index (χ0n) is 19.5. The van der Waals surface area contributed by atoms with Crippen LogP contribution in [0.4, 0.5) is 4.79 Å². The smallest absolute Gasteiger partial charge is 0.407 e. The van der Waals surface area contributed by atoms with Gasteiger partial charge in [0.05, 0.1) is 5.92 Å². The van der Waals surface area contributed by atoms with Crippen LogP contribution in [0.15, 0.2) is 48.5 Å². The number of ether oxygens (including phenoxy) is 1. The van der Waals surface area contributed by atoms with Gasteiger partial charge in [-0.15, -0.1) is 0 Å². The van der Waals surface area contributed by atoms with Crippen molar-refractivity contribution in [3.63, 3.8) is 0 Å². The Balaban J connectivity index is 1.36. The molecule has 1 saturated carbocycles. The van der Waals surface area contributed by atoms with Crippen LogP contribution in [0, 0.1) is 5.92 Å². The largest absolute Gasteiger partial charge is 0.481 e. The van der Waals surface area contributed by atoms with E-state index < -0.39 is 24.0 Å². The van der Waals surface area contributed by atoms with E-state index in [2.05, 4.69) is 34.9 Å². The van der Waals surface area contributed by atoms with Crippen LogP contribution < -0.4 is 10.6 Å². The van der Waals surface area contributed by atoms with Gasteiger partial charge < -0.3 is 20.5 Å². The average Bonchev–Trinajstić information content (AvgIpc) is 3.43. The standard InChI is InChI=1S/C27H32N2O5/c1-2-3-12-24(25(30)28-18-14-13-17(15-18)26(31)32)29-27(33)34-16-23-21-10-6-4-8-19(21)20-9-5-7-11-22(20)23/h4-11,17-18,23-24H,2-3,12-16H2,1H3,(H,28,30)(H,29,33)(H,31,32)/t17?,18?,24-/m0/s1. The molecule has 7 nitrogen and oxygen atoms in total. The molecule has 2 unspecified atom stereocenters. The second-order valence-electron chi connectivity index (χ2n) is 9.22. The predicted octanol–water partition coefficient (Wildman–Crippen LogP) is 4.45. The first-order chi connectivity index (χ1) is 16.5. The Labute approximate surface area is 199 Å². The van der Waals surface area contributed by atoms with Crippen molar-refractivity contribution in [3.05, 3.63) is 59.7 Å². The normalized spacial score (nSPS) is 19.7. The van der Waals surface area contributed by atoms with E-state index in [-0.39, 0.29) is 24.5 Å². The number of unbranched alkanes of at least 4 members (excludes halogenated alkanes) is 1. The van der Waals surface area contributed by atoms with Crippen LogP contribution in [0.25, 0.3) is 11.1 Å². The molecule has 0 heterocycles. The fraction of sp³-hybridized carbons (Fsp3) is 0.444. The highest BCUT2D eigenvalue weighted by Gasteiger charge is 2.33. The maximum Gasteiger partial charge on any atom is 0.407 e. The lowest BCUT2D eigenvalue weighted by atomic mass is 9.98. The number of nitrogens with one attached hydrogen (secondary N) is 2. The van der Waals surface area contributed by atoms with E-state index in [1.807, 2.05) is 31.2 Å². The van der Waals surface area contributed by atoms with E-state index in [1.165, 1.54) is 0 Å². The third-order valence-corrected chi connectivity index (χ3v) is 6.93. The summed E-state index contributed by atoms with van der Waals surface area (Å²) in [6, 6.07) is 15.4. The number of rotatable bonds is 9. The first-order valence-electron chi connectivity index (χ1n) is 12.1. The Bertz CT molecular complexity index is 1010. The van der Waals surface area contributed by atoms with Crippen molar-refractivity contribution in [1.29, 1.82) is 0 Å². The van der Waals surface area contributed by atoms with Gasteiger partial charge in [-0.05, 0) is 47.9 Å². The molecule has 2 aliphatic rings. The zero-order chi connectivity index (χ0) is 24.1. The van der Waals surface area contributed by atoms with Gasteiger partial charge >= 0.3 is 12.1 Å². The minimum Gasteiger partial charge on any atom is -0.481 e. The Morgan fingerprint density at radius 1 is 1.03 bits per heavy atom. The van der Waals surface area contributed by atoms with Crippen LogP contribution in [-0.2, 0) is 14.3 Å². The lowest BCUT2D eigenvalue weighted by Gasteiger charge is -2.21. The third kappa shape index (κ3) is 5.24. The fourth-order valence-electron chi connectivity index (χ4n) is 5.10. The van der Waals surface area contributed by atoms with E-state index in [4.69, 9.17) is 4.74 Å². The monoisotopic (exact) mass is 464 g/mol. The van der Waals surface area contributed by atoms with E-state index in [0.717, 1.165) is 35.1 Å². The molecule has 180 valence electrons. The summed E-state index contributed by atoms with van der Waals surface area (Å²) in [6.07, 6.45) is 3.17. The Morgan fingerprint density at radius 3 is 2.26 bits per heavy atom. The SMILES string of the molecule is CCCC[C@H](NC(=O)OCC1c2ccccc2-c2ccccc21)C(=O)NC1CCC(C(=O)O)C1. The second-order valence-corrected chi connectivity index (χ2v) is 9.22. The molecule has 0 aromatic heterocycles. The number of hydrogen-bond donors (Lipinski definition) is 3. The zero-order valence-corrected chi connectivity index (χ0v) is 19.5. The van der Waals surface area contributed by atoms with Crippen LogP contribution in [0.3, 0.4) is 0 Å². The van der Waals surface area contributed by atoms with Gasteiger partial charge in [0.1, 0.15) is 12.6 Å². The fourth-order valence-corrected chi connectivity index (χ4v) is 5.10. The number of carboxylic acid groups (broad SMARTS) is 1. The summed E-state index contributed by atoms with van der Waals surface area (Å²) in [5, 5.41) is 14.9. The van der Waals surface area contributed by atoms with Crippen LogP contribution in [0.2, 0.25) is 0 Å². The minimum absolute atomic E-state index is 0.0486. The van der Waals surface area contributed by atoms with Crippen molar-refractivity contribution in [2.45, 2.75) is 63.5 Å². The quantitative estimate of drug-likeness (QED) is 0.508. The molecule has 3 atom stereocenters. The number of aliphatic carboxylic acids is 1. The lowest BCUT2D eigenvalue weighted by molar-refractivity contribution is -0.141. The van der Waals surface area contributed by atoms with Crippen LogP contribution in [-0.4, -0.2) is 41.8 Å². The van der Waals surface area contributed by atoms with E-state index in [0.29, 0.717) is 25.7 Å². The number of benzene rings is 2. The molecule has 2 aromatic carbocycles. The molecule has 1 fully saturated rings. The number of carbonyl (C=O) groups is 3. The number of alkyl carbamates (subject to hydrolysis) is 1. The summed E-state index contributed by atoms with van der Waals surface area (Å²) >= 11 is 0. The van der Waals surface area contributed by atoms with Crippen molar-refractivity contribution < 1.29 is 24.2 Å². The molecular weight excluding hydrogens is 432 g/mol. The van der Waals surface area contributed by atoms with Crippen molar-refractivity contribution in [2.75, 3.05) is 6.61 Å². The summed E-state index contributed by atoms with van der Waals surface area (Å²) in [4.78, 5) is 36.8. The topological polar surface area (TPSA) is 105 Å². The molecule has 0 spiro atoms. The Hall–Kier alpha value is -3.35. The van der Waals surface area contributed by atoms with Gasteiger partial charge in [-0.3, -0.25) is 9.59 Å². The molecule has 4 rings (SSSR count). The number of fused-ring (bicyclic) bond motifs is 3. The molecule has 2 aliphatic carbocycles. The van der Waals surface area contributed by atoms with Gasteiger partial charge in [0, 0.05) is 12.0 Å². The van der Waals surface area contributed by atoms with Gasteiger partial charge in [-0.2, -0.15) is 0 Å². The van der Waals surface area contributed by atoms with Gasteiger partial charge in [0.25, 0.3) is 0 Å². The first kappa shape index (κ1) is 23.8. The first-order valence-corrected chi connectivity index (χ1v) is 12.1. The molecular formula is C27H32N2O5. The highest BCUT2D eigenvalue weighted by atomic mass is 16.5. The highest BCUT2D eigenvalue weighted by Crippen LogP contribution is 2.44. The molecule has 34 heavy (non-hydrogen) atoms. The molecule has 0 saturated heterocycles. The van der Waals surface area contributed by atoms with Gasteiger partial charge in [0.15, 0.2) is 0 Å². The van der Waals surface area contributed by atoms with Crippen LogP contribution in [0.1, 0.15) is 62.5 Å². The van der Waals surface area contributed by atoms with Crippen molar-refractivity contribution >= 4 is 18.0 Å². The van der Waals surface area contributed by atoms with Crippen molar-refractivity contribution in [3.8, 4) is 11.1 Å². The summed E-state index contributed by atoms with van der Waals surface area (Å²) in [6.45, 7) is 2.21. The van der Waals surface area contributed by atoms with E-state index in [9.17, 15) is 19.5 Å². The van der Waals surface area contributed by atoms with Crippen LogP contribution >= 0.6 is 0 Å². The molecule has 2 amide bonds. The number of amides is 2. The van der Waals surface area contributed by atoms with Crippen LogP contribution in [0.5, 0.6) is 0 Å². The average molecular weight is 465 g/mol. The highest BCUT2D eigenvalue weighted by molar-refractivity contribution is 5.86. The molecule has 2 aromatic rings.